The standard InChI is InChI=1S/C17H17Cl3N2O5/c1-24-13-10-11(5-7-12(13)26-9-3-4-15(23)25-2)6-8-14-21-22-16(27-14)17(18,19)20/h5-8,10H,3-4,9H2,1-2H3. The Bertz CT molecular complexity index is 802. The molecule has 0 radical (unpaired) electrons. The van der Waals surface area contributed by atoms with Crippen LogP contribution in [0.4, 0.5) is 0 Å². The molecule has 0 aliphatic heterocycles. The molecule has 0 unspecified atom stereocenters. The summed E-state index contributed by atoms with van der Waals surface area (Å²) in [6.45, 7) is 0.364. The molecule has 0 amide bonds. The molecule has 7 nitrogen and oxygen atoms in total. The van der Waals surface area contributed by atoms with Crippen molar-refractivity contribution in [2.24, 2.45) is 0 Å². The largest absolute Gasteiger partial charge is 0.493 e. The number of ether oxygens (including phenoxy) is 3. The summed E-state index contributed by atoms with van der Waals surface area (Å²) in [6.07, 6.45) is 4.15. The summed E-state index contributed by atoms with van der Waals surface area (Å²) in [6, 6.07) is 5.36. The van der Waals surface area contributed by atoms with Crippen molar-refractivity contribution in [3.8, 4) is 11.5 Å². The molecule has 0 saturated carbocycles. The van der Waals surface area contributed by atoms with E-state index in [1.54, 1.807) is 24.3 Å². The van der Waals surface area contributed by atoms with Crippen LogP contribution in [0.15, 0.2) is 22.6 Å². The Morgan fingerprint density at radius 1 is 1.19 bits per heavy atom. The summed E-state index contributed by atoms with van der Waals surface area (Å²) < 4.78 is 19.0. The first kappa shape index (κ1) is 21.3. The van der Waals surface area contributed by atoms with Gasteiger partial charge in [-0.05, 0) is 30.2 Å². The molecule has 0 N–H and O–H groups in total. The van der Waals surface area contributed by atoms with Gasteiger partial charge in [0.05, 0.1) is 20.8 Å². The fourth-order valence-electron chi connectivity index (χ4n) is 1.99. The van der Waals surface area contributed by atoms with E-state index in [2.05, 4.69) is 14.9 Å². The Morgan fingerprint density at radius 3 is 2.59 bits per heavy atom. The predicted octanol–water partition coefficient (Wildman–Crippen LogP) is 4.41. The minimum atomic E-state index is -1.77. The molecule has 146 valence electrons. The highest BCUT2D eigenvalue weighted by molar-refractivity contribution is 6.66. The molecule has 2 aromatic rings. The number of carbonyl (C=O) groups is 1. The van der Waals surface area contributed by atoms with Gasteiger partial charge in [0.25, 0.3) is 9.68 Å². The predicted molar refractivity (Wildman–Crippen MR) is 102 cm³/mol. The molecule has 2 rings (SSSR count). The average Bonchev–Trinajstić information content (AvgIpc) is 3.13. The first-order chi connectivity index (χ1) is 12.8. The number of halogens is 3. The molecule has 0 spiro atoms. The van der Waals surface area contributed by atoms with Crippen LogP contribution in [-0.4, -0.2) is 37.0 Å². The summed E-state index contributed by atoms with van der Waals surface area (Å²) in [5.41, 5.74) is 0.808. The molecule has 1 heterocycles. The SMILES string of the molecule is COC(=O)CCCOc1ccc(C=Cc2nnc(C(Cl)(Cl)Cl)o2)cc1OC. The van der Waals surface area contributed by atoms with Crippen molar-refractivity contribution in [3.05, 3.63) is 35.5 Å². The molecular formula is C17H17Cl3N2O5. The molecule has 0 atom stereocenters. The number of methoxy groups -OCH3 is 2. The van der Waals surface area contributed by atoms with Crippen molar-refractivity contribution in [2.45, 2.75) is 16.6 Å². The molecule has 0 saturated heterocycles. The van der Waals surface area contributed by atoms with E-state index in [0.29, 0.717) is 30.9 Å². The van der Waals surface area contributed by atoms with E-state index in [1.807, 2.05) is 6.07 Å². The van der Waals surface area contributed by atoms with Crippen LogP contribution in [0, 0.1) is 0 Å². The number of benzene rings is 1. The highest BCUT2D eigenvalue weighted by Crippen LogP contribution is 2.37. The van der Waals surface area contributed by atoms with E-state index in [-0.39, 0.29) is 17.8 Å². The van der Waals surface area contributed by atoms with Crippen molar-refractivity contribution < 1.29 is 23.4 Å². The van der Waals surface area contributed by atoms with Crippen LogP contribution >= 0.6 is 34.8 Å². The maximum Gasteiger partial charge on any atom is 0.305 e. The van der Waals surface area contributed by atoms with Gasteiger partial charge in [-0.2, -0.15) is 0 Å². The Balaban J connectivity index is 2.00. The van der Waals surface area contributed by atoms with Gasteiger partial charge in [-0.1, -0.05) is 40.9 Å². The van der Waals surface area contributed by atoms with Crippen LogP contribution in [0.5, 0.6) is 11.5 Å². The first-order valence-corrected chi connectivity index (χ1v) is 8.93. The third-order valence-corrected chi connectivity index (χ3v) is 3.78. The van der Waals surface area contributed by atoms with E-state index < -0.39 is 3.79 Å². The third-order valence-electron chi connectivity index (χ3n) is 3.30. The van der Waals surface area contributed by atoms with Gasteiger partial charge in [0, 0.05) is 12.5 Å². The van der Waals surface area contributed by atoms with Gasteiger partial charge >= 0.3 is 5.97 Å². The summed E-state index contributed by atoms with van der Waals surface area (Å²) >= 11 is 17.0. The zero-order valence-electron chi connectivity index (χ0n) is 14.6. The van der Waals surface area contributed by atoms with Gasteiger partial charge in [0.2, 0.25) is 5.89 Å². The lowest BCUT2D eigenvalue weighted by molar-refractivity contribution is -0.140. The summed E-state index contributed by atoms with van der Waals surface area (Å²) in [4.78, 5) is 11.1. The van der Waals surface area contributed by atoms with Gasteiger partial charge in [-0.15, -0.1) is 10.2 Å². The highest BCUT2D eigenvalue weighted by Gasteiger charge is 2.29. The number of hydrogen-bond acceptors (Lipinski definition) is 7. The molecule has 1 aromatic heterocycles. The van der Waals surface area contributed by atoms with Gasteiger partial charge in [-0.3, -0.25) is 4.79 Å². The fourth-order valence-corrected chi connectivity index (χ4v) is 2.22. The number of esters is 1. The van der Waals surface area contributed by atoms with Crippen LogP contribution in [0.2, 0.25) is 0 Å². The second-order valence-electron chi connectivity index (χ2n) is 5.21. The molecule has 0 aliphatic carbocycles. The van der Waals surface area contributed by atoms with Crippen molar-refractivity contribution in [2.75, 3.05) is 20.8 Å². The number of nitrogens with zero attached hydrogens (tertiary/aromatic N) is 2. The summed E-state index contributed by atoms with van der Waals surface area (Å²) in [5.74, 6) is 0.919. The molecule has 1 aromatic carbocycles. The zero-order chi connectivity index (χ0) is 19.9. The van der Waals surface area contributed by atoms with Gasteiger partial charge in [0.15, 0.2) is 11.5 Å². The van der Waals surface area contributed by atoms with Gasteiger partial charge in [0.1, 0.15) is 0 Å². The maximum absolute atomic E-state index is 11.1. The second-order valence-corrected chi connectivity index (χ2v) is 7.50. The Morgan fingerprint density at radius 2 is 1.96 bits per heavy atom. The van der Waals surface area contributed by atoms with Crippen molar-refractivity contribution >= 4 is 52.9 Å². The molecular weight excluding hydrogens is 419 g/mol. The Hall–Kier alpha value is -1.96. The Labute approximate surface area is 171 Å². The van der Waals surface area contributed by atoms with E-state index in [4.69, 9.17) is 48.7 Å². The van der Waals surface area contributed by atoms with E-state index in [9.17, 15) is 4.79 Å². The normalized spacial score (nSPS) is 11.6. The average molecular weight is 436 g/mol. The van der Waals surface area contributed by atoms with Crippen LogP contribution < -0.4 is 9.47 Å². The monoisotopic (exact) mass is 434 g/mol. The van der Waals surface area contributed by atoms with Crippen molar-refractivity contribution in [1.82, 2.24) is 10.2 Å². The van der Waals surface area contributed by atoms with E-state index >= 15 is 0 Å². The van der Waals surface area contributed by atoms with Crippen LogP contribution in [0.25, 0.3) is 12.2 Å². The minimum absolute atomic E-state index is 0.111. The fraction of sp³-hybridized carbons (Fsp3) is 0.353. The number of rotatable bonds is 8. The van der Waals surface area contributed by atoms with Crippen molar-refractivity contribution in [1.29, 1.82) is 0 Å². The number of alkyl halides is 3. The van der Waals surface area contributed by atoms with Gasteiger partial charge in [-0.25, -0.2) is 0 Å². The topological polar surface area (TPSA) is 83.7 Å². The van der Waals surface area contributed by atoms with Gasteiger partial charge < -0.3 is 18.6 Å². The van der Waals surface area contributed by atoms with Crippen LogP contribution in [0.3, 0.4) is 0 Å². The number of aromatic nitrogens is 2. The minimum Gasteiger partial charge on any atom is -0.493 e. The highest BCUT2D eigenvalue weighted by atomic mass is 35.6. The number of carbonyl (C=O) groups excluding carboxylic acids is 1. The van der Waals surface area contributed by atoms with Crippen LogP contribution in [-0.2, 0) is 13.3 Å². The molecule has 27 heavy (non-hydrogen) atoms. The second kappa shape index (κ2) is 9.82. The molecule has 0 bridgehead atoms. The summed E-state index contributed by atoms with van der Waals surface area (Å²) in [7, 11) is 2.89. The van der Waals surface area contributed by atoms with E-state index in [1.165, 1.54) is 14.2 Å². The molecule has 10 heteroatoms. The summed E-state index contributed by atoms with van der Waals surface area (Å²) in [5, 5.41) is 7.45. The lowest BCUT2D eigenvalue weighted by atomic mass is 10.2. The van der Waals surface area contributed by atoms with E-state index in [0.717, 1.165) is 5.56 Å². The molecule has 0 fully saturated rings. The zero-order valence-corrected chi connectivity index (χ0v) is 16.8. The van der Waals surface area contributed by atoms with Crippen LogP contribution in [0.1, 0.15) is 30.2 Å². The quantitative estimate of drug-likeness (QED) is 0.345. The Kier molecular flexibility index (Phi) is 7.77. The lowest BCUT2D eigenvalue weighted by Gasteiger charge is -2.11. The first-order valence-electron chi connectivity index (χ1n) is 7.80. The lowest BCUT2D eigenvalue weighted by Crippen LogP contribution is -2.05. The third kappa shape index (κ3) is 6.61. The maximum atomic E-state index is 11.1. The molecule has 0 aliphatic rings. The smallest absolute Gasteiger partial charge is 0.305 e. The van der Waals surface area contributed by atoms with Crippen molar-refractivity contribution in [3.63, 3.8) is 0 Å². The number of hydrogen-bond donors (Lipinski definition) is 0.